The van der Waals surface area contributed by atoms with Gasteiger partial charge in [-0.2, -0.15) is 8.42 Å². The topological polar surface area (TPSA) is 43.4 Å². The van der Waals surface area contributed by atoms with E-state index in [4.69, 9.17) is 4.18 Å². The second kappa shape index (κ2) is 5.16. The monoisotopic (exact) mass is 270 g/mol. The molecule has 1 heterocycles. The van der Waals surface area contributed by atoms with Crippen LogP contribution in [-0.4, -0.2) is 21.3 Å². The average molecular weight is 270 g/mol. The minimum Gasteiger partial charge on any atom is -0.270 e. The highest BCUT2D eigenvalue weighted by Gasteiger charge is 2.04. The van der Waals surface area contributed by atoms with Crippen molar-refractivity contribution in [3.63, 3.8) is 0 Å². The van der Waals surface area contributed by atoms with Gasteiger partial charge in [0.25, 0.3) is 10.1 Å². The molecule has 2 rings (SSSR count). The van der Waals surface area contributed by atoms with Gasteiger partial charge >= 0.3 is 0 Å². The van der Waals surface area contributed by atoms with E-state index in [2.05, 4.69) is 17.5 Å². The van der Waals surface area contributed by atoms with Gasteiger partial charge in [0.2, 0.25) is 0 Å². The molecule has 0 amide bonds. The van der Waals surface area contributed by atoms with Crippen LogP contribution in [0.25, 0.3) is 10.1 Å². The first-order chi connectivity index (χ1) is 8.06. The number of aryl methyl sites for hydroxylation is 1. The Hall–Kier alpha value is -0.910. The van der Waals surface area contributed by atoms with Gasteiger partial charge in [0.15, 0.2) is 0 Å². The molecule has 1 aromatic carbocycles. The Morgan fingerprint density at radius 1 is 1.29 bits per heavy atom. The molecular weight excluding hydrogens is 256 g/mol. The normalized spacial score (nSPS) is 12.1. The lowest BCUT2D eigenvalue weighted by Crippen LogP contribution is -2.04. The van der Waals surface area contributed by atoms with Crippen LogP contribution < -0.4 is 0 Å². The third-order valence-corrected chi connectivity index (χ3v) is 4.06. The van der Waals surface area contributed by atoms with Gasteiger partial charge in [0, 0.05) is 4.70 Å². The number of hydrogen-bond acceptors (Lipinski definition) is 4. The third-order valence-electron chi connectivity index (χ3n) is 2.45. The zero-order valence-corrected chi connectivity index (χ0v) is 11.2. The fourth-order valence-corrected chi connectivity index (χ4v) is 3.12. The van der Waals surface area contributed by atoms with Crippen molar-refractivity contribution in [2.75, 3.05) is 12.9 Å². The lowest BCUT2D eigenvalue weighted by Gasteiger charge is -2.01. The van der Waals surface area contributed by atoms with Gasteiger partial charge in [-0.1, -0.05) is 18.2 Å². The van der Waals surface area contributed by atoms with Gasteiger partial charge in [0.05, 0.1) is 12.9 Å². The summed E-state index contributed by atoms with van der Waals surface area (Å²) in [6.07, 6.45) is 2.64. The second-order valence-corrected chi connectivity index (χ2v) is 6.44. The van der Waals surface area contributed by atoms with E-state index >= 15 is 0 Å². The molecule has 0 bridgehead atoms. The SMILES string of the molecule is CS(=O)(=O)OCCCc1csc2ccccc12. The average Bonchev–Trinajstić information content (AvgIpc) is 2.67. The molecule has 0 N–H and O–H groups in total. The summed E-state index contributed by atoms with van der Waals surface area (Å²) >= 11 is 1.72. The number of fused-ring (bicyclic) bond motifs is 1. The van der Waals surface area contributed by atoms with Crippen LogP contribution in [-0.2, 0) is 20.7 Å². The van der Waals surface area contributed by atoms with Gasteiger partial charge in [-0.05, 0) is 35.2 Å². The molecule has 17 heavy (non-hydrogen) atoms. The molecule has 2 aromatic rings. The first-order valence-corrected chi connectivity index (χ1v) is 8.05. The Morgan fingerprint density at radius 2 is 2.06 bits per heavy atom. The molecule has 0 atom stereocenters. The smallest absolute Gasteiger partial charge is 0.264 e. The zero-order chi connectivity index (χ0) is 12.3. The summed E-state index contributed by atoms with van der Waals surface area (Å²) in [5.74, 6) is 0. The van der Waals surface area contributed by atoms with E-state index in [9.17, 15) is 8.42 Å². The van der Waals surface area contributed by atoms with Crippen molar-refractivity contribution in [1.82, 2.24) is 0 Å². The predicted octanol–water partition coefficient (Wildman–Crippen LogP) is 2.81. The first-order valence-electron chi connectivity index (χ1n) is 5.36. The van der Waals surface area contributed by atoms with Crippen LogP contribution in [0, 0.1) is 0 Å². The lowest BCUT2D eigenvalue weighted by atomic mass is 10.1. The number of hydrogen-bond donors (Lipinski definition) is 0. The van der Waals surface area contributed by atoms with Crippen LogP contribution in [0.4, 0.5) is 0 Å². The first kappa shape index (κ1) is 12.5. The van der Waals surface area contributed by atoms with Crippen LogP contribution in [0.1, 0.15) is 12.0 Å². The number of thiophene rings is 1. The zero-order valence-electron chi connectivity index (χ0n) is 9.55. The van der Waals surface area contributed by atoms with Gasteiger partial charge in [-0.25, -0.2) is 0 Å². The Labute approximate surface area is 105 Å². The lowest BCUT2D eigenvalue weighted by molar-refractivity contribution is 0.316. The molecule has 0 aliphatic carbocycles. The highest BCUT2D eigenvalue weighted by molar-refractivity contribution is 7.85. The Balaban J connectivity index is 1.96. The third kappa shape index (κ3) is 3.52. The molecule has 0 fully saturated rings. The molecule has 0 saturated heterocycles. The number of rotatable bonds is 5. The van der Waals surface area contributed by atoms with Crippen molar-refractivity contribution in [3.05, 3.63) is 35.2 Å². The maximum Gasteiger partial charge on any atom is 0.264 e. The van der Waals surface area contributed by atoms with Crippen molar-refractivity contribution in [1.29, 1.82) is 0 Å². The summed E-state index contributed by atoms with van der Waals surface area (Å²) in [4.78, 5) is 0. The molecular formula is C12H14O3S2. The van der Waals surface area contributed by atoms with E-state index in [1.54, 1.807) is 11.3 Å². The number of benzene rings is 1. The van der Waals surface area contributed by atoms with Crippen molar-refractivity contribution < 1.29 is 12.6 Å². The molecule has 0 aliphatic rings. The molecule has 5 heteroatoms. The van der Waals surface area contributed by atoms with E-state index in [0.29, 0.717) is 6.42 Å². The van der Waals surface area contributed by atoms with Crippen molar-refractivity contribution in [3.8, 4) is 0 Å². The highest BCUT2D eigenvalue weighted by Crippen LogP contribution is 2.26. The fraction of sp³-hybridized carbons (Fsp3) is 0.333. The quantitative estimate of drug-likeness (QED) is 0.620. The van der Waals surface area contributed by atoms with E-state index in [1.165, 1.54) is 15.6 Å². The highest BCUT2D eigenvalue weighted by atomic mass is 32.2. The summed E-state index contributed by atoms with van der Waals surface area (Å²) in [7, 11) is -3.31. The van der Waals surface area contributed by atoms with Crippen molar-refractivity contribution >= 4 is 31.5 Å². The maximum absolute atomic E-state index is 10.8. The van der Waals surface area contributed by atoms with E-state index < -0.39 is 10.1 Å². The minimum absolute atomic E-state index is 0.253. The molecule has 0 spiro atoms. The summed E-state index contributed by atoms with van der Waals surface area (Å²) in [5, 5.41) is 3.39. The molecule has 1 aromatic heterocycles. The van der Waals surface area contributed by atoms with Crippen LogP contribution in [0.5, 0.6) is 0 Å². The van der Waals surface area contributed by atoms with Gasteiger partial charge in [0.1, 0.15) is 0 Å². The molecule has 0 unspecified atom stereocenters. The Morgan fingerprint density at radius 3 is 2.82 bits per heavy atom. The van der Waals surface area contributed by atoms with E-state index in [1.807, 2.05) is 12.1 Å². The van der Waals surface area contributed by atoms with Crippen LogP contribution in [0.2, 0.25) is 0 Å². The standard InChI is InChI=1S/C12H14O3S2/c1-17(13,14)15-8-4-5-10-9-16-12-7-3-2-6-11(10)12/h2-3,6-7,9H,4-5,8H2,1H3. The van der Waals surface area contributed by atoms with E-state index in [-0.39, 0.29) is 6.61 Å². The van der Waals surface area contributed by atoms with Crippen LogP contribution in [0.3, 0.4) is 0 Å². The van der Waals surface area contributed by atoms with Crippen molar-refractivity contribution in [2.45, 2.75) is 12.8 Å². The molecule has 0 saturated carbocycles. The molecule has 92 valence electrons. The van der Waals surface area contributed by atoms with E-state index in [0.717, 1.165) is 12.7 Å². The van der Waals surface area contributed by atoms with Gasteiger partial charge in [-0.15, -0.1) is 11.3 Å². The molecule has 0 radical (unpaired) electrons. The maximum atomic E-state index is 10.8. The van der Waals surface area contributed by atoms with Gasteiger partial charge < -0.3 is 0 Å². The summed E-state index contributed by atoms with van der Waals surface area (Å²) in [5.41, 5.74) is 1.27. The summed E-state index contributed by atoms with van der Waals surface area (Å²) in [6.45, 7) is 0.253. The fourth-order valence-electron chi connectivity index (χ4n) is 1.70. The largest absolute Gasteiger partial charge is 0.270 e. The predicted molar refractivity (Wildman–Crippen MR) is 70.9 cm³/mol. The Kier molecular flexibility index (Phi) is 3.81. The van der Waals surface area contributed by atoms with Crippen LogP contribution in [0.15, 0.2) is 29.6 Å². The van der Waals surface area contributed by atoms with Gasteiger partial charge in [-0.3, -0.25) is 4.18 Å². The minimum atomic E-state index is -3.31. The van der Waals surface area contributed by atoms with Crippen molar-refractivity contribution in [2.24, 2.45) is 0 Å². The second-order valence-electron chi connectivity index (χ2n) is 3.89. The van der Waals surface area contributed by atoms with Crippen LogP contribution >= 0.6 is 11.3 Å². The molecule has 0 aliphatic heterocycles. The summed E-state index contributed by atoms with van der Waals surface area (Å²) < 4.78 is 27.6. The Bertz CT molecular complexity index is 599. The summed E-state index contributed by atoms with van der Waals surface area (Å²) in [6, 6.07) is 8.23. The molecule has 3 nitrogen and oxygen atoms in total.